The van der Waals surface area contributed by atoms with Gasteiger partial charge in [0.1, 0.15) is 5.82 Å². The monoisotopic (exact) mass is 405 g/mol. The molecular formula is C20H24FN3O3S. The lowest BCUT2D eigenvalue weighted by Crippen LogP contribution is -2.30. The fourth-order valence-electron chi connectivity index (χ4n) is 3.30. The summed E-state index contributed by atoms with van der Waals surface area (Å²) in [6, 6.07) is 10.6. The van der Waals surface area contributed by atoms with E-state index >= 15 is 0 Å². The maximum Gasteiger partial charge on any atom is 0.258 e. The highest BCUT2D eigenvalue weighted by Gasteiger charge is 2.21. The van der Waals surface area contributed by atoms with Crippen LogP contribution in [0.5, 0.6) is 0 Å². The van der Waals surface area contributed by atoms with Crippen LogP contribution in [0, 0.1) is 5.82 Å². The van der Waals surface area contributed by atoms with Crippen molar-refractivity contribution in [1.29, 1.82) is 0 Å². The number of carbonyl (C=O) groups excluding carboxylic acids is 1. The van der Waals surface area contributed by atoms with E-state index in [2.05, 4.69) is 14.9 Å². The van der Waals surface area contributed by atoms with Gasteiger partial charge in [-0.05, 0) is 49.6 Å². The molecule has 1 heterocycles. The Bertz CT molecular complexity index is 957. The van der Waals surface area contributed by atoms with Gasteiger partial charge in [-0.15, -0.1) is 0 Å². The fraction of sp³-hybridized carbons (Fsp3) is 0.350. The number of halogens is 1. The molecule has 6 nitrogen and oxygen atoms in total. The molecule has 0 unspecified atom stereocenters. The molecule has 1 aliphatic rings. The Labute approximate surface area is 164 Å². The highest BCUT2D eigenvalue weighted by atomic mass is 32.2. The van der Waals surface area contributed by atoms with Gasteiger partial charge < -0.3 is 10.2 Å². The van der Waals surface area contributed by atoms with Crippen molar-refractivity contribution in [2.45, 2.75) is 31.1 Å². The SMILES string of the molecule is CCNS(=O)(=O)c1ccc(F)c(C(=O)Nc2ccccc2N2CCCCC2)c1. The van der Waals surface area contributed by atoms with Gasteiger partial charge in [0.2, 0.25) is 10.0 Å². The summed E-state index contributed by atoms with van der Waals surface area (Å²) in [6.45, 7) is 3.64. The molecule has 0 spiro atoms. The molecule has 2 N–H and O–H groups in total. The van der Waals surface area contributed by atoms with Gasteiger partial charge in [-0.2, -0.15) is 0 Å². The molecule has 0 bridgehead atoms. The summed E-state index contributed by atoms with van der Waals surface area (Å²) in [5, 5.41) is 2.74. The van der Waals surface area contributed by atoms with Crippen molar-refractivity contribution in [3.05, 3.63) is 53.8 Å². The van der Waals surface area contributed by atoms with Crippen LogP contribution in [0.2, 0.25) is 0 Å². The number of amides is 1. The first-order valence-electron chi connectivity index (χ1n) is 9.37. The molecule has 2 aromatic carbocycles. The number of rotatable bonds is 6. The van der Waals surface area contributed by atoms with E-state index in [9.17, 15) is 17.6 Å². The zero-order chi connectivity index (χ0) is 20.1. The number of sulfonamides is 1. The third kappa shape index (κ3) is 4.51. The Morgan fingerprint density at radius 3 is 2.54 bits per heavy atom. The fourth-order valence-corrected chi connectivity index (χ4v) is 4.37. The van der Waals surface area contributed by atoms with Crippen molar-refractivity contribution in [2.75, 3.05) is 29.9 Å². The minimum absolute atomic E-state index is 0.148. The molecule has 0 radical (unpaired) electrons. The molecular weight excluding hydrogens is 381 g/mol. The number of nitrogens with zero attached hydrogens (tertiary/aromatic N) is 1. The Balaban J connectivity index is 1.88. The number of hydrogen-bond donors (Lipinski definition) is 2. The molecule has 2 aromatic rings. The molecule has 1 amide bonds. The van der Waals surface area contributed by atoms with Gasteiger partial charge in [-0.1, -0.05) is 19.1 Å². The Hall–Kier alpha value is -2.45. The Morgan fingerprint density at radius 1 is 1.11 bits per heavy atom. The largest absolute Gasteiger partial charge is 0.370 e. The van der Waals surface area contributed by atoms with Crippen LogP contribution in [-0.4, -0.2) is 34.0 Å². The van der Waals surface area contributed by atoms with E-state index in [0.29, 0.717) is 5.69 Å². The van der Waals surface area contributed by atoms with Crippen LogP contribution in [0.3, 0.4) is 0 Å². The molecule has 0 atom stereocenters. The molecule has 3 rings (SSSR count). The second-order valence-electron chi connectivity index (χ2n) is 6.66. The predicted molar refractivity (Wildman–Crippen MR) is 108 cm³/mol. The van der Waals surface area contributed by atoms with Crippen LogP contribution in [0.4, 0.5) is 15.8 Å². The van der Waals surface area contributed by atoms with Crippen molar-refractivity contribution in [3.63, 3.8) is 0 Å². The lowest BCUT2D eigenvalue weighted by molar-refractivity contribution is 0.102. The summed E-state index contributed by atoms with van der Waals surface area (Å²) in [5.74, 6) is -1.46. The van der Waals surface area contributed by atoms with Crippen molar-refractivity contribution < 1.29 is 17.6 Å². The van der Waals surface area contributed by atoms with E-state index in [4.69, 9.17) is 0 Å². The molecule has 0 saturated carbocycles. The summed E-state index contributed by atoms with van der Waals surface area (Å²) in [7, 11) is -3.79. The predicted octanol–water partition coefficient (Wildman–Crippen LogP) is 3.37. The van der Waals surface area contributed by atoms with E-state index in [1.165, 1.54) is 6.42 Å². The molecule has 1 fully saturated rings. The third-order valence-corrected chi connectivity index (χ3v) is 6.22. The minimum atomic E-state index is -3.79. The van der Waals surface area contributed by atoms with E-state index in [0.717, 1.165) is 49.8 Å². The molecule has 8 heteroatoms. The Kier molecular flexibility index (Phi) is 6.31. The minimum Gasteiger partial charge on any atom is -0.370 e. The van der Waals surface area contributed by atoms with Crippen molar-refractivity contribution in [1.82, 2.24) is 4.72 Å². The molecule has 1 saturated heterocycles. The average molecular weight is 405 g/mol. The summed E-state index contributed by atoms with van der Waals surface area (Å²) in [5.41, 5.74) is 1.15. The maximum atomic E-state index is 14.3. The number of carbonyl (C=O) groups is 1. The number of hydrogen-bond acceptors (Lipinski definition) is 4. The van der Waals surface area contributed by atoms with Crippen LogP contribution in [0.1, 0.15) is 36.5 Å². The molecule has 28 heavy (non-hydrogen) atoms. The first-order chi connectivity index (χ1) is 13.4. The topological polar surface area (TPSA) is 78.5 Å². The zero-order valence-corrected chi connectivity index (χ0v) is 16.6. The summed E-state index contributed by atoms with van der Waals surface area (Å²) < 4.78 is 40.9. The second kappa shape index (κ2) is 8.70. The van der Waals surface area contributed by atoms with Gasteiger partial charge in [0.05, 0.1) is 21.8 Å². The van der Waals surface area contributed by atoms with E-state index in [-0.39, 0.29) is 17.0 Å². The van der Waals surface area contributed by atoms with E-state index < -0.39 is 21.7 Å². The number of nitrogens with one attached hydrogen (secondary N) is 2. The average Bonchev–Trinajstić information content (AvgIpc) is 2.69. The second-order valence-corrected chi connectivity index (χ2v) is 8.43. The summed E-state index contributed by atoms with van der Waals surface area (Å²) in [6.07, 6.45) is 3.35. The zero-order valence-electron chi connectivity index (χ0n) is 15.7. The van der Waals surface area contributed by atoms with Gasteiger partial charge in [0.15, 0.2) is 0 Å². The van der Waals surface area contributed by atoms with Crippen molar-refractivity contribution in [2.24, 2.45) is 0 Å². The van der Waals surface area contributed by atoms with Crippen molar-refractivity contribution >= 4 is 27.3 Å². The van der Waals surface area contributed by atoms with Crippen molar-refractivity contribution in [3.8, 4) is 0 Å². The van der Waals surface area contributed by atoms with Gasteiger partial charge in [0.25, 0.3) is 5.91 Å². The number of piperidine rings is 1. The van der Waals surface area contributed by atoms with E-state index in [1.54, 1.807) is 19.1 Å². The third-order valence-electron chi connectivity index (χ3n) is 4.68. The van der Waals surface area contributed by atoms with Gasteiger partial charge in [0, 0.05) is 19.6 Å². The number of para-hydroxylation sites is 2. The smallest absolute Gasteiger partial charge is 0.258 e. The first-order valence-corrected chi connectivity index (χ1v) is 10.8. The Morgan fingerprint density at radius 2 is 1.82 bits per heavy atom. The molecule has 1 aliphatic heterocycles. The van der Waals surface area contributed by atoms with Crippen LogP contribution in [0.25, 0.3) is 0 Å². The quantitative estimate of drug-likeness (QED) is 0.772. The van der Waals surface area contributed by atoms with Gasteiger partial charge in [-0.3, -0.25) is 4.79 Å². The number of benzene rings is 2. The van der Waals surface area contributed by atoms with Crippen LogP contribution < -0.4 is 14.9 Å². The first kappa shape index (κ1) is 20.3. The lowest BCUT2D eigenvalue weighted by Gasteiger charge is -2.30. The standard InChI is InChI=1S/C20H24FN3O3S/c1-2-22-28(26,27)15-10-11-17(21)16(14-15)20(25)23-18-8-4-5-9-19(18)24-12-6-3-7-13-24/h4-5,8-11,14,22H,2-3,6-7,12-13H2,1H3,(H,23,25). The molecule has 150 valence electrons. The highest BCUT2D eigenvalue weighted by Crippen LogP contribution is 2.29. The molecule has 0 aliphatic carbocycles. The normalized spacial score (nSPS) is 14.7. The van der Waals surface area contributed by atoms with Crippen LogP contribution in [0.15, 0.2) is 47.4 Å². The highest BCUT2D eigenvalue weighted by molar-refractivity contribution is 7.89. The maximum absolute atomic E-state index is 14.3. The lowest BCUT2D eigenvalue weighted by atomic mass is 10.1. The summed E-state index contributed by atoms with van der Waals surface area (Å²) >= 11 is 0. The van der Waals surface area contributed by atoms with E-state index in [1.807, 2.05) is 12.1 Å². The van der Waals surface area contributed by atoms with Gasteiger partial charge >= 0.3 is 0 Å². The summed E-state index contributed by atoms with van der Waals surface area (Å²) in [4.78, 5) is 14.8. The van der Waals surface area contributed by atoms with Gasteiger partial charge in [-0.25, -0.2) is 17.5 Å². The van der Waals surface area contributed by atoms with Crippen LogP contribution >= 0.6 is 0 Å². The number of anilines is 2. The molecule has 0 aromatic heterocycles. The van der Waals surface area contributed by atoms with Crippen LogP contribution in [-0.2, 0) is 10.0 Å².